The van der Waals surface area contributed by atoms with Crippen LogP contribution in [0.4, 0.5) is 0 Å². The van der Waals surface area contributed by atoms with Crippen LogP contribution >= 0.6 is 0 Å². The Labute approximate surface area is 532 Å². The van der Waals surface area contributed by atoms with Gasteiger partial charge < -0.3 is 20.3 Å². The molecule has 0 saturated carbocycles. The average molecular weight is 1200 g/mol. The maximum atomic E-state index is 12.5. The van der Waals surface area contributed by atoms with E-state index in [1.807, 2.05) is 6.08 Å². The highest BCUT2D eigenvalue weighted by molar-refractivity contribution is 5.76. The van der Waals surface area contributed by atoms with E-state index in [9.17, 15) is 19.8 Å². The van der Waals surface area contributed by atoms with Gasteiger partial charge in [-0.2, -0.15) is 0 Å². The van der Waals surface area contributed by atoms with Crippen molar-refractivity contribution in [2.45, 2.75) is 456 Å². The van der Waals surface area contributed by atoms with Crippen molar-refractivity contribution in [2.24, 2.45) is 0 Å². The highest BCUT2D eigenvalue weighted by Crippen LogP contribution is 2.20. The van der Waals surface area contributed by atoms with Gasteiger partial charge >= 0.3 is 5.97 Å². The minimum absolute atomic E-state index is 0.0200. The molecule has 85 heavy (non-hydrogen) atoms. The van der Waals surface area contributed by atoms with Gasteiger partial charge in [-0.05, 0) is 57.8 Å². The molecule has 504 valence electrons. The predicted octanol–water partition coefficient (Wildman–Crippen LogP) is 25.7. The molecule has 0 aromatic heterocycles. The molecular formula is C79H153NO5. The van der Waals surface area contributed by atoms with Crippen LogP contribution in [0.25, 0.3) is 0 Å². The third-order valence-electron chi connectivity index (χ3n) is 18.5. The third-order valence-corrected chi connectivity index (χ3v) is 18.5. The summed E-state index contributed by atoms with van der Waals surface area (Å²) in [5.74, 6) is -0.0397. The first-order valence-corrected chi connectivity index (χ1v) is 39.1. The molecule has 2 unspecified atom stereocenters. The molecule has 0 bridgehead atoms. The Morgan fingerprint density at radius 1 is 0.318 bits per heavy atom. The molecular weight excluding hydrogens is 1040 g/mol. The lowest BCUT2D eigenvalue weighted by Gasteiger charge is -2.20. The van der Waals surface area contributed by atoms with Gasteiger partial charge in [-0.3, -0.25) is 9.59 Å². The smallest absolute Gasteiger partial charge is 0.305 e. The topological polar surface area (TPSA) is 95.9 Å². The number of carbonyl (C=O) groups is 2. The third kappa shape index (κ3) is 71.3. The van der Waals surface area contributed by atoms with Gasteiger partial charge in [0, 0.05) is 12.8 Å². The number of rotatable bonds is 74. The molecule has 3 N–H and O–H groups in total. The highest BCUT2D eigenvalue weighted by atomic mass is 16.5. The van der Waals surface area contributed by atoms with E-state index in [4.69, 9.17) is 4.74 Å². The summed E-state index contributed by atoms with van der Waals surface area (Å²) in [6, 6.07) is -0.627. The van der Waals surface area contributed by atoms with E-state index >= 15 is 0 Å². The van der Waals surface area contributed by atoms with Crippen molar-refractivity contribution in [3.8, 4) is 0 Å². The van der Waals surface area contributed by atoms with Crippen LogP contribution in [0, 0.1) is 0 Å². The van der Waals surface area contributed by atoms with Crippen LogP contribution in [0.2, 0.25) is 0 Å². The first-order valence-electron chi connectivity index (χ1n) is 39.1. The molecule has 0 rings (SSSR count). The minimum atomic E-state index is -0.843. The second-order valence-electron chi connectivity index (χ2n) is 27.0. The van der Waals surface area contributed by atoms with Gasteiger partial charge in [-0.25, -0.2) is 0 Å². The Hall–Kier alpha value is -1.66. The Bertz CT molecular complexity index is 1330. The van der Waals surface area contributed by atoms with Crippen LogP contribution in [0.5, 0.6) is 0 Å². The van der Waals surface area contributed by atoms with Crippen molar-refractivity contribution in [1.82, 2.24) is 5.32 Å². The monoisotopic (exact) mass is 1200 g/mol. The van der Waals surface area contributed by atoms with Crippen molar-refractivity contribution in [3.05, 3.63) is 24.3 Å². The van der Waals surface area contributed by atoms with E-state index in [-0.39, 0.29) is 18.5 Å². The molecule has 0 saturated heterocycles. The number of amides is 1. The van der Waals surface area contributed by atoms with Gasteiger partial charge in [-0.15, -0.1) is 0 Å². The van der Waals surface area contributed by atoms with E-state index in [0.29, 0.717) is 19.4 Å². The van der Waals surface area contributed by atoms with Crippen molar-refractivity contribution >= 4 is 11.9 Å². The van der Waals surface area contributed by atoms with Crippen LogP contribution < -0.4 is 5.32 Å². The summed E-state index contributed by atoms with van der Waals surface area (Å²) in [4.78, 5) is 24.6. The Morgan fingerprint density at radius 2 is 0.553 bits per heavy atom. The normalized spacial score (nSPS) is 12.6. The van der Waals surface area contributed by atoms with Crippen LogP contribution in [0.3, 0.4) is 0 Å². The van der Waals surface area contributed by atoms with Crippen LogP contribution in [0.1, 0.15) is 444 Å². The van der Waals surface area contributed by atoms with Crippen molar-refractivity contribution < 1.29 is 24.5 Å². The van der Waals surface area contributed by atoms with Gasteiger partial charge in [0.05, 0.1) is 25.4 Å². The number of allylic oxidation sites excluding steroid dienone is 3. The standard InChI is InChI=1S/C79H153NO5/c1-3-5-7-9-11-13-15-17-18-19-20-21-33-36-39-42-45-48-51-55-59-63-67-71-77(82)76(75-81)80-78(83)72-68-64-60-56-52-49-46-43-40-37-34-31-29-27-25-23-22-24-26-28-30-32-35-38-41-44-47-50-54-58-62-66-70-74-85-79(84)73-69-65-61-57-53-16-14-12-10-8-6-4-2/h26,28,67,71,76-77,81-82H,3-25,27,29-66,68-70,72-75H2,1-2H3,(H,80,83)/b28-26-,71-67+. The van der Waals surface area contributed by atoms with Crippen LogP contribution in [-0.2, 0) is 14.3 Å². The molecule has 2 atom stereocenters. The van der Waals surface area contributed by atoms with E-state index in [1.54, 1.807) is 6.08 Å². The maximum absolute atomic E-state index is 12.5. The lowest BCUT2D eigenvalue weighted by Crippen LogP contribution is -2.45. The number of esters is 1. The maximum Gasteiger partial charge on any atom is 0.305 e. The Balaban J connectivity index is 3.37. The zero-order valence-electron chi connectivity index (χ0n) is 57.9. The van der Waals surface area contributed by atoms with Gasteiger partial charge in [0.15, 0.2) is 0 Å². The van der Waals surface area contributed by atoms with Gasteiger partial charge in [0.1, 0.15) is 0 Å². The fourth-order valence-electron chi connectivity index (χ4n) is 12.5. The molecule has 6 nitrogen and oxygen atoms in total. The number of carbonyl (C=O) groups excluding carboxylic acids is 2. The van der Waals surface area contributed by atoms with Crippen LogP contribution in [0.15, 0.2) is 24.3 Å². The Morgan fingerprint density at radius 3 is 0.835 bits per heavy atom. The van der Waals surface area contributed by atoms with Crippen LogP contribution in [-0.4, -0.2) is 47.4 Å². The average Bonchev–Trinajstić information content (AvgIpc) is 3.53. The molecule has 1 amide bonds. The van der Waals surface area contributed by atoms with E-state index < -0.39 is 12.1 Å². The Kier molecular flexibility index (Phi) is 73.3. The highest BCUT2D eigenvalue weighted by Gasteiger charge is 2.18. The van der Waals surface area contributed by atoms with E-state index in [0.717, 1.165) is 38.5 Å². The largest absolute Gasteiger partial charge is 0.466 e. The number of hydrogen-bond acceptors (Lipinski definition) is 5. The van der Waals surface area contributed by atoms with Crippen molar-refractivity contribution in [1.29, 1.82) is 0 Å². The molecule has 0 aromatic rings. The van der Waals surface area contributed by atoms with E-state index in [2.05, 4.69) is 31.3 Å². The molecule has 0 aliphatic carbocycles. The van der Waals surface area contributed by atoms with E-state index in [1.165, 1.54) is 379 Å². The minimum Gasteiger partial charge on any atom is -0.466 e. The van der Waals surface area contributed by atoms with Gasteiger partial charge in [0.25, 0.3) is 0 Å². The molecule has 0 aliphatic rings. The number of aliphatic hydroxyl groups excluding tert-OH is 2. The molecule has 0 aliphatic heterocycles. The molecule has 0 aromatic carbocycles. The van der Waals surface area contributed by atoms with Gasteiger partial charge in [-0.1, -0.05) is 398 Å². The lowest BCUT2D eigenvalue weighted by molar-refractivity contribution is -0.143. The summed E-state index contributed by atoms with van der Waals surface area (Å²) in [5, 5.41) is 23.3. The second kappa shape index (κ2) is 74.8. The molecule has 0 radical (unpaired) electrons. The molecule has 0 heterocycles. The second-order valence-corrected chi connectivity index (χ2v) is 27.0. The first kappa shape index (κ1) is 83.3. The zero-order chi connectivity index (χ0) is 61.3. The first-order chi connectivity index (χ1) is 42.0. The summed E-state index contributed by atoms with van der Waals surface area (Å²) in [5.41, 5.74) is 0. The van der Waals surface area contributed by atoms with Gasteiger partial charge in [0.2, 0.25) is 5.91 Å². The van der Waals surface area contributed by atoms with Crippen molar-refractivity contribution in [2.75, 3.05) is 13.2 Å². The predicted molar refractivity (Wildman–Crippen MR) is 375 cm³/mol. The number of unbranched alkanes of at least 4 members (excludes halogenated alkanes) is 61. The number of aliphatic hydroxyl groups is 2. The summed E-state index contributed by atoms with van der Waals surface area (Å²) in [6.07, 6.45) is 95.8. The fraction of sp³-hybridized carbons (Fsp3) is 0.924. The number of hydrogen-bond donors (Lipinski definition) is 3. The fourth-order valence-corrected chi connectivity index (χ4v) is 12.5. The number of nitrogens with one attached hydrogen (secondary N) is 1. The van der Waals surface area contributed by atoms with Crippen molar-refractivity contribution in [3.63, 3.8) is 0 Å². The summed E-state index contributed by atoms with van der Waals surface area (Å²) in [6.45, 7) is 4.95. The lowest BCUT2D eigenvalue weighted by atomic mass is 10.0. The molecule has 6 heteroatoms. The summed E-state index contributed by atoms with van der Waals surface area (Å²) in [7, 11) is 0. The zero-order valence-corrected chi connectivity index (χ0v) is 57.9. The summed E-state index contributed by atoms with van der Waals surface area (Å²) >= 11 is 0. The molecule has 0 spiro atoms. The quantitative estimate of drug-likeness (QED) is 0.0320. The molecule has 0 fully saturated rings. The SMILES string of the molecule is CCCCCCCCCCCCCCCCCCCCCCC/C=C/C(O)C(CO)NC(=O)CCCCCCCCCCCCCCCCCCC/C=C\CCCCCCCCCCCCCCOC(=O)CCCCCCCCCCCCCC. The summed E-state index contributed by atoms with van der Waals surface area (Å²) < 4.78 is 5.49. The number of ether oxygens (including phenoxy) is 1.